The topological polar surface area (TPSA) is 42.0 Å². The summed E-state index contributed by atoms with van der Waals surface area (Å²) in [5.74, 6) is -0.131. The molecule has 0 atom stereocenters. The Morgan fingerprint density at radius 3 is 2.89 bits per heavy atom. The van der Waals surface area contributed by atoms with Crippen LogP contribution in [0.25, 0.3) is 0 Å². The molecule has 1 N–H and O–H groups in total. The molecule has 19 heavy (non-hydrogen) atoms. The third-order valence-electron chi connectivity index (χ3n) is 2.76. The van der Waals surface area contributed by atoms with Crippen molar-refractivity contribution in [3.63, 3.8) is 0 Å². The molecule has 98 valence electrons. The van der Waals surface area contributed by atoms with E-state index in [1.54, 1.807) is 30.6 Å². The second kappa shape index (κ2) is 6.17. The van der Waals surface area contributed by atoms with Crippen LogP contribution in [0.2, 0.25) is 5.02 Å². The van der Waals surface area contributed by atoms with Crippen LogP contribution in [0.5, 0.6) is 0 Å². The average Bonchev–Trinajstić information content (AvgIpc) is 2.40. The quantitative estimate of drug-likeness (QED) is 0.925. The van der Waals surface area contributed by atoms with E-state index in [0.717, 1.165) is 11.1 Å². The Hall–Kier alpha value is -1.39. The summed E-state index contributed by atoms with van der Waals surface area (Å²) >= 11 is 9.20. The lowest BCUT2D eigenvalue weighted by molar-refractivity contribution is 0.0951. The Labute approximate surface area is 125 Å². The molecule has 1 heterocycles. The van der Waals surface area contributed by atoms with E-state index in [0.29, 0.717) is 21.6 Å². The Kier molecular flexibility index (Phi) is 4.56. The van der Waals surface area contributed by atoms with Gasteiger partial charge in [0.25, 0.3) is 5.91 Å². The summed E-state index contributed by atoms with van der Waals surface area (Å²) in [4.78, 5) is 16.0. The smallest absolute Gasteiger partial charge is 0.251 e. The Morgan fingerprint density at radius 2 is 2.21 bits per heavy atom. The van der Waals surface area contributed by atoms with Crippen molar-refractivity contribution in [2.24, 2.45) is 0 Å². The van der Waals surface area contributed by atoms with Crippen LogP contribution in [0.4, 0.5) is 0 Å². The molecule has 2 rings (SSSR count). The van der Waals surface area contributed by atoms with Crippen molar-refractivity contribution < 1.29 is 4.79 Å². The van der Waals surface area contributed by atoms with Crippen LogP contribution >= 0.6 is 27.5 Å². The molecule has 0 bridgehead atoms. The summed E-state index contributed by atoms with van der Waals surface area (Å²) in [6, 6.07) is 6.99. The van der Waals surface area contributed by atoms with Crippen LogP contribution in [0.15, 0.2) is 41.1 Å². The molecule has 1 amide bonds. The van der Waals surface area contributed by atoms with Gasteiger partial charge in [-0.2, -0.15) is 0 Å². The van der Waals surface area contributed by atoms with Crippen molar-refractivity contribution in [3.8, 4) is 0 Å². The zero-order chi connectivity index (χ0) is 13.8. The summed E-state index contributed by atoms with van der Waals surface area (Å²) < 4.78 is 0.710. The third kappa shape index (κ3) is 3.55. The largest absolute Gasteiger partial charge is 0.348 e. The second-order valence-electron chi connectivity index (χ2n) is 4.11. The van der Waals surface area contributed by atoms with Gasteiger partial charge in [0.15, 0.2) is 0 Å². The highest BCUT2D eigenvalue weighted by molar-refractivity contribution is 9.10. The number of nitrogens with zero attached hydrogens (tertiary/aromatic N) is 1. The number of carbonyl (C=O) groups is 1. The van der Waals surface area contributed by atoms with E-state index >= 15 is 0 Å². The number of hydrogen-bond donors (Lipinski definition) is 1. The van der Waals surface area contributed by atoms with Gasteiger partial charge in [-0.25, -0.2) is 0 Å². The number of nitrogens with one attached hydrogen (secondary N) is 1. The second-order valence-corrected chi connectivity index (χ2v) is 5.38. The molecule has 0 saturated carbocycles. The Morgan fingerprint density at radius 1 is 1.42 bits per heavy atom. The van der Waals surface area contributed by atoms with Gasteiger partial charge in [0.05, 0.1) is 5.02 Å². The van der Waals surface area contributed by atoms with E-state index in [1.165, 1.54) is 0 Å². The minimum absolute atomic E-state index is 0.131. The molecule has 0 aliphatic carbocycles. The number of halogens is 2. The SMILES string of the molecule is Cc1cnccc1CNC(=O)c1ccc(Cl)c(Br)c1. The van der Waals surface area contributed by atoms with E-state index in [2.05, 4.69) is 26.2 Å². The van der Waals surface area contributed by atoms with E-state index < -0.39 is 0 Å². The van der Waals surface area contributed by atoms with Gasteiger partial charge in [0.1, 0.15) is 0 Å². The first-order chi connectivity index (χ1) is 9.08. The van der Waals surface area contributed by atoms with Gasteiger partial charge in [-0.1, -0.05) is 11.6 Å². The lowest BCUT2D eigenvalue weighted by Crippen LogP contribution is -2.23. The number of aryl methyl sites for hydroxylation is 1. The molecule has 2 aromatic rings. The number of pyridine rings is 1. The van der Waals surface area contributed by atoms with Gasteiger partial charge in [-0.15, -0.1) is 0 Å². The van der Waals surface area contributed by atoms with Gasteiger partial charge < -0.3 is 5.32 Å². The number of benzene rings is 1. The molecule has 1 aromatic heterocycles. The molecular formula is C14H12BrClN2O. The number of rotatable bonds is 3. The molecule has 0 radical (unpaired) electrons. The highest BCUT2D eigenvalue weighted by Gasteiger charge is 2.08. The Balaban J connectivity index is 2.05. The van der Waals surface area contributed by atoms with E-state index in [4.69, 9.17) is 11.6 Å². The average molecular weight is 340 g/mol. The maximum atomic E-state index is 12.0. The summed E-state index contributed by atoms with van der Waals surface area (Å²) in [6.07, 6.45) is 3.49. The molecular weight excluding hydrogens is 328 g/mol. The first-order valence-corrected chi connectivity index (χ1v) is 6.88. The number of hydrogen-bond acceptors (Lipinski definition) is 2. The highest BCUT2D eigenvalue weighted by atomic mass is 79.9. The van der Waals surface area contributed by atoms with Crippen molar-refractivity contribution in [1.82, 2.24) is 10.3 Å². The maximum absolute atomic E-state index is 12.0. The number of amides is 1. The fraction of sp³-hybridized carbons (Fsp3) is 0.143. The third-order valence-corrected chi connectivity index (χ3v) is 3.97. The maximum Gasteiger partial charge on any atom is 0.251 e. The monoisotopic (exact) mass is 338 g/mol. The predicted octanol–water partition coefficient (Wildman–Crippen LogP) is 3.74. The minimum atomic E-state index is -0.131. The van der Waals surface area contributed by atoms with Crippen molar-refractivity contribution in [1.29, 1.82) is 0 Å². The van der Waals surface area contributed by atoms with E-state index in [1.807, 2.05) is 13.0 Å². The van der Waals surface area contributed by atoms with Crippen LogP contribution < -0.4 is 5.32 Å². The first-order valence-electron chi connectivity index (χ1n) is 5.70. The Bertz CT molecular complexity index is 616. The van der Waals surface area contributed by atoms with Crippen molar-refractivity contribution >= 4 is 33.4 Å². The molecule has 0 fully saturated rings. The lowest BCUT2D eigenvalue weighted by atomic mass is 10.1. The highest BCUT2D eigenvalue weighted by Crippen LogP contribution is 2.23. The van der Waals surface area contributed by atoms with Crippen molar-refractivity contribution in [3.05, 3.63) is 62.8 Å². The zero-order valence-electron chi connectivity index (χ0n) is 10.3. The van der Waals surface area contributed by atoms with Gasteiger partial charge in [-0.3, -0.25) is 9.78 Å². The molecule has 0 spiro atoms. The number of aromatic nitrogens is 1. The summed E-state index contributed by atoms with van der Waals surface area (Å²) in [7, 11) is 0. The molecule has 0 unspecified atom stereocenters. The molecule has 0 aliphatic rings. The summed E-state index contributed by atoms with van der Waals surface area (Å²) in [6.45, 7) is 2.45. The van der Waals surface area contributed by atoms with Crippen LogP contribution in [0.3, 0.4) is 0 Å². The molecule has 1 aromatic carbocycles. The zero-order valence-corrected chi connectivity index (χ0v) is 12.6. The molecule has 3 nitrogen and oxygen atoms in total. The van der Waals surface area contributed by atoms with Crippen LogP contribution in [-0.2, 0) is 6.54 Å². The minimum Gasteiger partial charge on any atom is -0.348 e. The predicted molar refractivity (Wildman–Crippen MR) is 79.3 cm³/mol. The van der Waals surface area contributed by atoms with Gasteiger partial charge >= 0.3 is 0 Å². The molecule has 0 saturated heterocycles. The van der Waals surface area contributed by atoms with Crippen molar-refractivity contribution in [2.75, 3.05) is 0 Å². The standard InChI is InChI=1S/C14H12BrClN2O/c1-9-7-17-5-4-11(9)8-18-14(19)10-2-3-13(16)12(15)6-10/h2-7H,8H2,1H3,(H,18,19). The van der Waals surface area contributed by atoms with Gasteiger partial charge in [0, 0.05) is 29.0 Å². The van der Waals surface area contributed by atoms with E-state index in [-0.39, 0.29) is 5.91 Å². The fourth-order valence-electron chi connectivity index (χ4n) is 1.62. The van der Waals surface area contributed by atoms with E-state index in [9.17, 15) is 4.79 Å². The number of carbonyl (C=O) groups excluding carboxylic acids is 1. The molecule has 5 heteroatoms. The van der Waals surface area contributed by atoms with Crippen molar-refractivity contribution in [2.45, 2.75) is 13.5 Å². The van der Waals surface area contributed by atoms with Crippen LogP contribution in [0, 0.1) is 6.92 Å². The van der Waals surface area contributed by atoms with Gasteiger partial charge in [0.2, 0.25) is 0 Å². The van der Waals surface area contributed by atoms with Crippen LogP contribution in [0.1, 0.15) is 21.5 Å². The first kappa shape index (κ1) is 14.0. The molecule has 0 aliphatic heterocycles. The lowest BCUT2D eigenvalue weighted by Gasteiger charge is -2.08. The fourth-order valence-corrected chi connectivity index (χ4v) is 2.11. The van der Waals surface area contributed by atoms with Gasteiger partial charge in [-0.05, 0) is 58.2 Å². The summed E-state index contributed by atoms with van der Waals surface area (Å²) in [5.41, 5.74) is 2.68. The summed E-state index contributed by atoms with van der Waals surface area (Å²) in [5, 5.41) is 3.46. The normalized spacial score (nSPS) is 10.3. The van der Waals surface area contributed by atoms with Crippen LogP contribution in [-0.4, -0.2) is 10.9 Å².